The number of piperidine rings is 1. The number of amides is 1. The molecule has 1 unspecified atom stereocenters. The molecular weight excluding hydrogens is 400 g/mol. The quantitative estimate of drug-likeness (QED) is 0.574. The van der Waals surface area contributed by atoms with Gasteiger partial charge < -0.3 is 14.5 Å². The van der Waals surface area contributed by atoms with Crippen molar-refractivity contribution in [2.24, 2.45) is 5.92 Å². The topological polar surface area (TPSA) is 61.5 Å². The fourth-order valence-electron chi connectivity index (χ4n) is 4.73. The number of fused-ring (bicyclic) bond motifs is 1. The van der Waals surface area contributed by atoms with Crippen LogP contribution in [0.15, 0.2) is 42.5 Å². The summed E-state index contributed by atoms with van der Waals surface area (Å²) in [5.74, 6) is 1.43. The molecule has 2 heterocycles. The van der Waals surface area contributed by atoms with Crippen molar-refractivity contribution < 1.29 is 9.53 Å². The van der Waals surface area contributed by atoms with Crippen molar-refractivity contribution in [2.75, 3.05) is 39.8 Å². The molecule has 1 fully saturated rings. The van der Waals surface area contributed by atoms with Gasteiger partial charge in [0.1, 0.15) is 5.75 Å². The highest BCUT2D eigenvalue weighted by Gasteiger charge is 2.26. The molecule has 1 saturated heterocycles. The first-order valence-electron chi connectivity index (χ1n) is 11.7. The van der Waals surface area contributed by atoms with E-state index in [0.29, 0.717) is 18.2 Å². The molecule has 1 amide bonds. The van der Waals surface area contributed by atoms with Crippen LogP contribution < -0.4 is 4.74 Å². The van der Waals surface area contributed by atoms with E-state index in [9.17, 15) is 4.79 Å². The summed E-state index contributed by atoms with van der Waals surface area (Å²) in [6.07, 6.45) is 3.36. The molecule has 1 N–H and O–H groups in total. The molecule has 2 aromatic carbocycles. The second-order valence-electron chi connectivity index (χ2n) is 8.88. The van der Waals surface area contributed by atoms with Gasteiger partial charge in [0.25, 0.3) is 5.91 Å². The molecule has 6 heteroatoms. The highest BCUT2D eigenvalue weighted by Crippen LogP contribution is 2.22. The van der Waals surface area contributed by atoms with Gasteiger partial charge in [-0.1, -0.05) is 23.8 Å². The highest BCUT2D eigenvalue weighted by molar-refractivity contribution is 6.04. The van der Waals surface area contributed by atoms with Crippen LogP contribution in [0.2, 0.25) is 0 Å². The van der Waals surface area contributed by atoms with Gasteiger partial charge in [0.05, 0.1) is 12.6 Å². The monoisotopic (exact) mass is 434 g/mol. The van der Waals surface area contributed by atoms with Crippen LogP contribution in [0.3, 0.4) is 0 Å². The lowest BCUT2D eigenvalue weighted by Crippen LogP contribution is -2.43. The molecule has 1 aromatic heterocycles. The number of ether oxygens (including phenoxy) is 1. The maximum atomic E-state index is 13.3. The fourth-order valence-corrected chi connectivity index (χ4v) is 4.73. The third-order valence-corrected chi connectivity index (χ3v) is 6.52. The molecule has 0 spiro atoms. The van der Waals surface area contributed by atoms with E-state index in [2.05, 4.69) is 40.2 Å². The number of nitrogens with zero attached hydrogens (tertiary/aromatic N) is 3. The summed E-state index contributed by atoms with van der Waals surface area (Å²) >= 11 is 0. The van der Waals surface area contributed by atoms with Crippen LogP contribution in [0.4, 0.5) is 0 Å². The number of carbonyl (C=O) groups excluding carboxylic acids is 1. The number of benzene rings is 2. The minimum absolute atomic E-state index is 0.0258. The molecule has 0 bridgehead atoms. The number of carbonyl (C=O) groups is 1. The van der Waals surface area contributed by atoms with Crippen LogP contribution in [0, 0.1) is 12.8 Å². The number of aromatic amines is 1. The number of methoxy groups -OCH3 is 1. The van der Waals surface area contributed by atoms with Crippen molar-refractivity contribution in [3.05, 3.63) is 59.3 Å². The molecule has 1 atom stereocenters. The summed E-state index contributed by atoms with van der Waals surface area (Å²) in [5, 5.41) is 8.28. The molecule has 0 radical (unpaired) electrons. The summed E-state index contributed by atoms with van der Waals surface area (Å²) < 4.78 is 5.35. The zero-order chi connectivity index (χ0) is 22.5. The van der Waals surface area contributed by atoms with Crippen molar-refractivity contribution >= 4 is 16.8 Å². The summed E-state index contributed by atoms with van der Waals surface area (Å²) in [6, 6.07) is 14.4. The molecule has 32 heavy (non-hydrogen) atoms. The van der Waals surface area contributed by atoms with E-state index < -0.39 is 0 Å². The predicted molar refractivity (Wildman–Crippen MR) is 128 cm³/mol. The molecule has 170 valence electrons. The predicted octanol–water partition coefficient (Wildman–Crippen LogP) is 4.30. The number of hydrogen-bond acceptors (Lipinski definition) is 4. The standard InChI is InChI=1S/C26H34N4O2/c1-4-30(26(31)25-23-15-19(2)10-11-24(23)27-28-25)18-21-8-6-13-29(17-21)14-12-20-7-5-9-22(16-20)32-3/h5,7,9-11,15-16,21H,4,6,8,12-14,17-18H2,1-3H3,(H,27,28). The Morgan fingerprint density at radius 1 is 1.28 bits per heavy atom. The van der Waals surface area contributed by atoms with Gasteiger partial charge in [0.15, 0.2) is 5.69 Å². The van der Waals surface area contributed by atoms with Gasteiger partial charge in [0.2, 0.25) is 0 Å². The number of aromatic nitrogens is 2. The van der Waals surface area contributed by atoms with E-state index in [1.807, 2.05) is 36.1 Å². The Morgan fingerprint density at radius 3 is 2.97 bits per heavy atom. The lowest BCUT2D eigenvalue weighted by molar-refractivity contribution is 0.0687. The third kappa shape index (κ3) is 5.13. The van der Waals surface area contributed by atoms with Gasteiger partial charge in [-0.15, -0.1) is 0 Å². The maximum Gasteiger partial charge on any atom is 0.274 e. The van der Waals surface area contributed by atoms with Crippen LogP contribution in [0.1, 0.15) is 41.4 Å². The van der Waals surface area contributed by atoms with E-state index in [1.54, 1.807) is 7.11 Å². The van der Waals surface area contributed by atoms with E-state index >= 15 is 0 Å². The maximum absolute atomic E-state index is 13.3. The minimum atomic E-state index is 0.0258. The van der Waals surface area contributed by atoms with Crippen molar-refractivity contribution in [1.82, 2.24) is 20.0 Å². The van der Waals surface area contributed by atoms with Crippen molar-refractivity contribution in [3.63, 3.8) is 0 Å². The fraction of sp³-hybridized carbons (Fsp3) is 0.462. The first-order valence-corrected chi connectivity index (χ1v) is 11.7. The normalized spacial score (nSPS) is 16.9. The molecule has 1 aliphatic heterocycles. The Balaban J connectivity index is 1.37. The van der Waals surface area contributed by atoms with Gasteiger partial charge >= 0.3 is 0 Å². The Bertz CT molecular complexity index is 1060. The third-order valence-electron chi connectivity index (χ3n) is 6.52. The first-order chi connectivity index (χ1) is 15.6. The molecule has 4 rings (SSSR count). The van der Waals surface area contributed by atoms with Crippen molar-refractivity contribution in [1.29, 1.82) is 0 Å². The second kappa shape index (κ2) is 10.2. The van der Waals surface area contributed by atoms with E-state index in [4.69, 9.17) is 4.74 Å². The van der Waals surface area contributed by atoms with Crippen LogP contribution in [-0.2, 0) is 6.42 Å². The number of rotatable bonds is 8. The molecule has 0 aliphatic carbocycles. The smallest absolute Gasteiger partial charge is 0.274 e. The average molecular weight is 435 g/mol. The van der Waals surface area contributed by atoms with E-state index in [-0.39, 0.29) is 5.91 Å². The molecule has 0 saturated carbocycles. The molecule has 3 aromatic rings. The molecule has 1 aliphatic rings. The van der Waals surface area contributed by atoms with Crippen molar-refractivity contribution in [3.8, 4) is 5.75 Å². The average Bonchev–Trinajstić information content (AvgIpc) is 3.24. The molecule has 6 nitrogen and oxygen atoms in total. The SMILES string of the molecule is CCN(CC1CCCN(CCc2cccc(OC)c2)C1)C(=O)c1n[nH]c2ccc(C)cc12. The summed E-state index contributed by atoms with van der Waals surface area (Å²) in [7, 11) is 1.71. The zero-order valence-electron chi connectivity index (χ0n) is 19.4. The lowest BCUT2D eigenvalue weighted by atomic mass is 9.96. The van der Waals surface area contributed by atoms with Gasteiger partial charge in [-0.25, -0.2) is 0 Å². The Labute approximate surface area is 190 Å². The van der Waals surface area contributed by atoms with Crippen LogP contribution in [0.5, 0.6) is 5.75 Å². The summed E-state index contributed by atoms with van der Waals surface area (Å²) in [6.45, 7) is 8.78. The number of aryl methyl sites for hydroxylation is 1. The lowest BCUT2D eigenvalue weighted by Gasteiger charge is -2.35. The van der Waals surface area contributed by atoms with Crippen LogP contribution >= 0.6 is 0 Å². The van der Waals surface area contributed by atoms with Crippen LogP contribution in [-0.4, -0.2) is 65.7 Å². The highest BCUT2D eigenvalue weighted by atomic mass is 16.5. The van der Waals surface area contributed by atoms with Gasteiger partial charge in [-0.3, -0.25) is 9.89 Å². The van der Waals surface area contributed by atoms with Crippen LogP contribution in [0.25, 0.3) is 10.9 Å². The molecular formula is C26H34N4O2. The van der Waals surface area contributed by atoms with Gasteiger partial charge in [-0.05, 0) is 75.4 Å². The van der Waals surface area contributed by atoms with E-state index in [1.165, 1.54) is 18.4 Å². The van der Waals surface area contributed by atoms with Gasteiger partial charge in [-0.2, -0.15) is 5.10 Å². The summed E-state index contributed by atoms with van der Waals surface area (Å²) in [5.41, 5.74) is 3.89. The Hall–Kier alpha value is -2.86. The zero-order valence-corrected chi connectivity index (χ0v) is 19.4. The summed E-state index contributed by atoms with van der Waals surface area (Å²) in [4.78, 5) is 17.8. The van der Waals surface area contributed by atoms with Gasteiger partial charge in [0, 0.05) is 31.6 Å². The number of likely N-dealkylation sites (tertiary alicyclic amines) is 1. The van der Waals surface area contributed by atoms with Crippen molar-refractivity contribution in [2.45, 2.75) is 33.1 Å². The van der Waals surface area contributed by atoms with E-state index in [0.717, 1.165) is 54.8 Å². The Morgan fingerprint density at radius 2 is 2.16 bits per heavy atom. The Kier molecular flexibility index (Phi) is 7.10. The number of hydrogen-bond donors (Lipinski definition) is 1. The number of nitrogens with one attached hydrogen (secondary N) is 1. The number of H-pyrrole nitrogens is 1. The largest absolute Gasteiger partial charge is 0.497 e. The second-order valence-corrected chi connectivity index (χ2v) is 8.88. The minimum Gasteiger partial charge on any atom is -0.497 e. The first kappa shape index (κ1) is 22.3.